The molecule has 1 unspecified atom stereocenters. The lowest BCUT2D eigenvalue weighted by atomic mass is 9.98. The van der Waals surface area contributed by atoms with E-state index in [4.69, 9.17) is 0 Å². The fourth-order valence-electron chi connectivity index (χ4n) is 2.83. The fourth-order valence-corrected chi connectivity index (χ4v) is 2.83. The number of rotatable bonds is 4. The number of aromatic nitrogens is 1. The van der Waals surface area contributed by atoms with Gasteiger partial charge >= 0.3 is 0 Å². The van der Waals surface area contributed by atoms with E-state index in [1.54, 1.807) is 0 Å². The lowest BCUT2D eigenvalue weighted by molar-refractivity contribution is 0.459. The average molecular weight is 247 g/mol. The van der Waals surface area contributed by atoms with Crippen molar-refractivity contribution in [3.63, 3.8) is 0 Å². The standard InChI is InChI=1S/C15H25N3/c1-3-13-6-5-10-18(11-8-13)15-14(12-16-2)7-4-9-17-15/h4,7,9,13,16H,3,5-6,8,10-12H2,1-2H3. The van der Waals surface area contributed by atoms with E-state index in [0.29, 0.717) is 0 Å². The van der Waals surface area contributed by atoms with Gasteiger partial charge in [0.15, 0.2) is 0 Å². The first-order valence-corrected chi connectivity index (χ1v) is 7.18. The van der Waals surface area contributed by atoms with Gasteiger partial charge in [-0.15, -0.1) is 0 Å². The normalized spacial score (nSPS) is 20.8. The minimum Gasteiger partial charge on any atom is -0.356 e. The van der Waals surface area contributed by atoms with Gasteiger partial charge < -0.3 is 10.2 Å². The number of anilines is 1. The van der Waals surface area contributed by atoms with Crippen molar-refractivity contribution in [2.75, 3.05) is 25.0 Å². The molecule has 1 aliphatic rings. The van der Waals surface area contributed by atoms with Crippen molar-refractivity contribution in [1.82, 2.24) is 10.3 Å². The molecule has 0 aromatic carbocycles. The highest BCUT2D eigenvalue weighted by Crippen LogP contribution is 2.25. The summed E-state index contributed by atoms with van der Waals surface area (Å²) in [6, 6.07) is 4.21. The second kappa shape index (κ2) is 6.74. The fraction of sp³-hybridized carbons (Fsp3) is 0.667. The average Bonchev–Trinajstić information content (AvgIpc) is 2.65. The van der Waals surface area contributed by atoms with Crippen molar-refractivity contribution >= 4 is 5.82 Å². The van der Waals surface area contributed by atoms with E-state index in [-0.39, 0.29) is 0 Å². The Kier molecular flexibility index (Phi) is 5.00. The van der Waals surface area contributed by atoms with Crippen molar-refractivity contribution in [3.05, 3.63) is 23.9 Å². The number of pyridine rings is 1. The smallest absolute Gasteiger partial charge is 0.133 e. The van der Waals surface area contributed by atoms with Gasteiger partial charge in [0.2, 0.25) is 0 Å². The summed E-state index contributed by atoms with van der Waals surface area (Å²) in [5.41, 5.74) is 1.31. The molecule has 1 aromatic heterocycles. The van der Waals surface area contributed by atoms with Gasteiger partial charge in [0.1, 0.15) is 5.82 Å². The zero-order valence-corrected chi connectivity index (χ0v) is 11.7. The Bertz CT molecular complexity index is 365. The molecule has 2 rings (SSSR count). The molecule has 0 amide bonds. The van der Waals surface area contributed by atoms with Crippen molar-refractivity contribution in [3.8, 4) is 0 Å². The summed E-state index contributed by atoms with van der Waals surface area (Å²) in [4.78, 5) is 7.07. The predicted octanol–water partition coefficient (Wildman–Crippen LogP) is 2.82. The van der Waals surface area contributed by atoms with Crippen LogP contribution in [0.2, 0.25) is 0 Å². The van der Waals surface area contributed by atoms with Crippen LogP contribution >= 0.6 is 0 Å². The molecule has 0 aliphatic carbocycles. The van der Waals surface area contributed by atoms with Crippen LogP contribution in [0.15, 0.2) is 18.3 Å². The Labute approximate surface area is 111 Å². The van der Waals surface area contributed by atoms with Crippen molar-refractivity contribution in [1.29, 1.82) is 0 Å². The maximum absolute atomic E-state index is 4.60. The van der Waals surface area contributed by atoms with Gasteiger partial charge in [-0.25, -0.2) is 4.98 Å². The lowest BCUT2D eigenvalue weighted by Gasteiger charge is -2.24. The van der Waals surface area contributed by atoms with Crippen molar-refractivity contribution < 1.29 is 0 Å². The monoisotopic (exact) mass is 247 g/mol. The Hall–Kier alpha value is -1.09. The molecule has 0 saturated carbocycles. The molecule has 100 valence electrons. The summed E-state index contributed by atoms with van der Waals surface area (Å²) in [5.74, 6) is 2.09. The number of hydrogen-bond acceptors (Lipinski definition) is 3. The summed E-state index contributed by atoms with van der Waals surface area (Å²) in [6.07, 6.45) is 7.22. The van der Waals surface area contributed by atoms with E-state index in [9.17, 15) is 0 Å². The summed E-state index contributed by atoms with van der Waals surface area (Å²) >= 11 is 0. The summed E-state index contributed by atoms with van der Waals surface area (Å²) in [5, 5.41) is 3.23. The van der Waals surface area contributed by atoms with Gasteiger partial charge in [-0.3, -0.25) is 0 Å². The third-order valence-electron chi connectivity index (χ3n) is 3.96. The second-order valence-electron chi connectivity index (χ2n) is 5.21. The molecule has 1 aliphatic heterocycles. The number of nitrogens with one attached hydrogen (secondary N) is 1. The molecule has 1 N–H and O–H groups in total. The van der Waals surface area contributed by atoms with Crippen LogP contribution in [0.4, 0.5) is 5.82 Å². The van der Waals surface area contributed by atoms with Crippen molar-refractivity contribution in [2.45, 2.75) is 39.2 Å². The molecule has 0 radical (unpaired) electrons. The van der Waals surface area contributed by atoms with Crippen LogP contribution in [-0.2, 0) is 6.54 Å². The molecule has 0 bridgehead atoms. The van der Waals surface area contributed by atoms with Crippen LogP contribution < -0.4 is 10.2 Å². The molecular formula is C15H25N3. The largest absolute Gasteiger partial charge is 0.356 e. The van der Waals surface area contributed by atoms with Crippen LogP contribution in [0.5, 0.6) is 0 Å². The highest BCUT2D eigenvalue weighted by molar-refractivity contribution is 5.46. The Morgan fingerprint density at radius 1 is 1.39 bits per heavy atom. The maximum Gasteiger partial charge on any atom is 0.133 e. The van der Waals surface area contributed by atoms with Crippen LogP contribution in [-0.4, -0.2) is 25.1 Å². The third kappa shape index (κ3) is 3.22. The SMILES string of the molecule is CCC1CCCN(c2ncccc2CNC)CC1. The second-order valence-corrected chi connectivity index (χ2v) is 5.21. The first-order chi connectivity index (χ1) is 8.85. The van der Waals surface area contributed by atoms with E-state index in [1.165, 1.54) is 37.1 Å². The molecule has 1 atom stereocenters. The molecule has 1 aromatic rings. The Morgan fingerprint density at radius 2 is 2.28 bits per heavy atom. The van der Waals surface area contributed by atoms with E-state index in [1.807, 2.05) is 19.3 Å². The lowest BCUT2D eigenvalue weighted by Crippen LogP contribution is -2.27. The Balaban J connectivity index is 2.10. The van der Waals surface area contributed by atoms with Gasteiger partial charge in [-0.2, -0.15) is 0 Å². The molecule has 18 heavy (non-hydrogen) atoms. The minimum atomic E-state index is 0.900. The highest BCUT2D eigenvalue weighted by Gasteiger charge is 2.18. The van der Waals surface area contributed by atoms with Crippen LogP contribution in [0.3, 0.4) is 0 Å². The number of hydrogen-bond donors (Lipinski definition) is 1. The first kappa shape index (κ1) is 13.3. The maximum atomic E-state index is 4.60. The predicted molar refractivity (Wildman–Crippen MR) is 76.8 cm³/mol. The highest BCUT2D eigenvalue weighted by atomic mass is 15.2. The van der Waals surface area contributed by atoms with Gasteiger partial charge in [-0.05, 0) is 38.3 Å². The zero-order chi connectivity index (χ0) is 12.8. The van der Waals surface area contributed by atoms with Gasteiger partial charge in [0, 0.05) is 31.4 Å². The third-order valence-corrected chi connectivity index (χ3v) is 3.96. The topological polar surface area (TPSA) is 28.2 Å². The van der Waals surface area contributed by atoms with Crippen LogP contribution in [0.1, 0.15) is 38.2 Å². The van der Waals surface area contributed by atoms with E-state index < -0.39 is 0 Å². The molecule has 3 nitrogen and oxygen atoms in total. The Morgan fingerprint density at radius 3 is 3.06 bits per heavy atom. The van der Waals surface area contributed by atoms with Crippen LogP contribution in [0, 0.1) is 5.92 Å². The summed E-state index contributed by atoms with van der Waals surface area (Å²) in [7, 11) is 1.99. The van der Waals surface area contributed by atoms with E-state index in [2.05, 4.69) is 28.2 Å². The minimum absolute atomic E-state index is 0.900. The van der Waals surface area contributed by atoms with E-state index >= 15 is 0 Å². The van der Waals surface area contributed by atoms with Crippen molar-refractivity contribution in [2.24, 2.45) is 5.92 Å². The van der Waals surface area contributed by atoms with E-state index in [0.717, 1.165) is 25.6 Å². The zero-order valence-electron chi connectivity index (χ0n) is 11.7. The quantitative estimate of drug-likeness (QED) is 0.887. The molecule has 1 saturated heterocycles. The van der Waals surface area contributed by atoms with Gasteiger partial charge in [0.25, 0.3) is 0 Å². The van der Waals surface area contributed by atoms with Crippen LogP contribution in [0.25, 0.3) is 0 Å². The molecule has 3 heteroatoms. The van der Waals surface area contributed by atoms with Gasteiger partial charge in [0.05, 0.1) is 0 Å². The molecule has 1 fully saturated rings. The molecule has 2 heterocycles. The first-order valence-electron chi connectivity index (χ1n) is 7.18. The van der Waals surface area contributed by atoms with Gasteiger partial charge in [-0.1, -0.05) is 19.4 Å². The molecular weight excluding hydrogens is 222 g/mol. The number of nitrogens with zero attached hydrogens (tertiary/aromatic N) is 2. The molecule has 0 spiro atoms. The summed E-state index contributed by atoms with van der Waals surface area (Å²) in [6.45, 7) is 5.53. The summed E-state index contributed by atoms with van der Waals surface area (Å²) < 4.78 is 0.